The van der Waals surface area contributed by atoms with Crippen molar-refractivity contribution in [2.24, 2.45) is 10.7 Å². The van der Waals surface area contributed by atoms with E-state index >= 15 is 0 Å². The van der Waals surface area contributed by atoms with Crippen LogP contribution in [0.3, 0.4) is 0 Å². The van der Waals surface area contributed by atoms with Crippen molar-refractivity contribution in [1.82, 2.24) is 20.1 Å². The van der Waals surface area contributed by atoms with Crippen LogP contribution >= 0.6 is 0 Å². The highest BCUT2D eigenvalue weighted by Crippen LogP contribution is 2.36. The first kappa shape index (κ1) is 24.1. The van der Waals surface area contributed by atoms with Gasteiger partial charge in [-0.2, -0.15) is 5.10 Å². The van der Waals surface area contributed by atoms with Crippen LogP contribution in [0.15, 0.2) is 71.5 Å². The predicted octanol–water partition coefficient (Wildman–Crippen LogP) is 3.85. The van der Waals surface area contributed by atoms with Gasteiger partial charge in [0, 0.05) is 48.9 Å². The van der Waals surface area contributed by atoms with Crippen LogP contribution < -0.4 is 11.1 Å². The molecular weight excluding hydrogens is 412 g/mol. The van der Waals surface area contributed by atoms with Crippen molar-refractivity contribution in [3.63, 3.8) is 0 Å². The summed E-state index contributed by atoms with van der Waals surface area (Å²) in [6, 6.07) is 5.87. The second-order valence-corrected chi connectivity index (χ2v) is 7.54. The molecule has 1 amide bonds. The first-order chi connectivity index (χ1) is 16.1. The number of rotatable bonds is 6. The van der Waals surface area contributed by atoms with Gasteiger partial charge < -0.3 is 11.1 Å². The summed E-state index contributed by atoms with van der Waals surface area (Å²) >= 11 is 0. The fourth-order valence-corrected chi connectivity index (χ4v) is 3.73. The third-order valence-corrected chi connectivity index (χ3v) is 5.30. The van der Waals surface area contributed by atoms with Gasteiger partial charge >= 0.3 is 0 Å². The smallest absolute Gasteiger partial charge is 0.248 e. The number of pyridine rings is 1. The average Bonchev–Trinajstić information content (AvgIpc) is 3.45. The van der Waals surface area contributed by atoms with Gasteiger partial charge in [-0.25, -0.2) is 0 Å². The normalized spacial score (nSPS) is 16.2. The Balaban J connectivity index is 0.00000149. The second-order valence-electron chi connectivity index (χ2n) is 7.54. The van der Waals surface area contributed by atoms with Crippen LogP contribution in [0.2, 0.25) is 0 Å². The number of aliphatic imine (C=N–C) groups is 1. The molecule has 0 saturated carbocycles. The van der Waals surface area contributed by atoms with Crippen molar-refractivity contribution in [3.05, 3.63) is 77.8 Å². The lowest BCUT2D eigenvalue weighted by atomic mass is 9.93. The number of allylic oxidation sites excluding steroid dienone is 5. The fourth-order valence-electron chi connectivity index (χ4n) is 3.73. The van der Waals surface area contributed by atoms with Gasteiger partial charge in [0.2, 0.25) is 5.91 Å². The Hall–Kier alpha value is -3.58. The highest BCUT2D eigenvalue weighted by molar-refractivity contribution is 6.15. The number of nitrogens with two attached hydrogens (primary N) is 1. The number of hydrogen-bond donors (Lipinski definition) is 2. The van der Waals surface area contributed by atoms with Crippen molar-refractivity contribution in [2.45, 2.75) is 40.2 Å². The van der Waals surface area contributed by atoms with Gasteiger partial charge in [-0.1, -0.05) is 32.6 Å². The summed E-state index contributed by atoms with van der Waals surface area (Å²) in [5, 5.41) is 7.57. The lowest BCUT2D eigenvalue weighted by Crippen LogP contribution is -2.29. The third-order valence-electron chi connectivity index (χ3n) is 5.30. The standard InChI is InChI=1S/C24H26N6O.C2H6/c1-16-14-18(8-9-19(16)28-15-17(2)24(31)27-12-10-25)22-21-7-5-13-30(21)29-23(22)20-6-3-4-11-26-20;1-2/h3-4,6,8-9,11,14-15H,1,5,7,10,12-13,25H2,2H3,(H,27,31);1-2H3/b17-15+,28-19?;. The lowest BCUT2D eigenvalue weighted by Gasteiger charge is -2.12. The molecule has 0 spiro atoms. The molecule has 1 aliphatic carbocycles. The number of hydrogen-bond acceptors (Lipinski definition) is 5. The molecule has 0 saturated heterocycles. The second kappa shape index (κ2) is 11.3. The van der Waals surface area contributed by atoms with Gasteiger partial charge in [0.15, 0.2) is 0 Å². The maximum absolute atomic E-state index is 12.0. The Morgan fingerprint density at radius 1 is 1.33 bits per heavy atom. The molecule has 4 rings (SSSR count). The first-order valence-corrected chi connectivity index (χ1v) is 11.4. The molecule has 0 unspecified atom stereocenters. The predicted molar refractivity (Wildman–Crippen MR) is 135 cm³/mol. The summed E-state index contributed by atoms with van der Waals surface area (Å²) in [5.41, 5.74) is 12.6. The minimum atomic E-state index is -0.174. The quantitative estimate of drug-likeness (QED) is 0.661. The Morgan fingerprint density at radius 3 is 2.85 bits per heavy atom. The molecule has 2 aromatic heterocycles. The molecule has 0 radical (unpaired) electrons. The Labute approximate surface area is 195 Å². The number of amides is 1. The van der Waals surface area contributed by atoms with Crippen LogP contribution in [-0.4, -0.2) is 39.5 Å². The number of nitrogens with zero attached hydrogens (tertiary/aromatic N) is 4. The van der Waals surface area contributed by atoms with Gasteiger partial charge in [0.25, 0.3) is 0 Å². The molecule has 2 aliphatic rings. The molecule has 7 heteroatoms. The molecule has 33 heavy (non-hydrogen) atoms. The highest BCUT2D eigenvalue weighted by atomic mass is 16.1. The molecule has 172 valence electrons. The summed E-state index contributed by atoms with van der Waals surface area (Å²) in [6.45, 7) is 11.7. The molecule has 7 nitrogen and oxygen atoms in total. The van der Waals surface area contributed by atoms with Crippen molar-refractivity contribution >= 4 is 17.2 Å². The molecule has 0 fully saturated rings. The maximum atomic E-state index is 12.0. The van der Waals surface area contributed by atoms with Crippen LogP contribution in [-0.2, 0) is 17.8 Å². The van der Waals surface area contributed by atoms with E-state index in [1.807, 2.05) is 50.3 Å². The monoisotopic (exact) mass is 444 g/mol. The summed E-state index contributed by atoms with van der Waals surface area (Å²) in [4.78, 5) is 20.9. The van der Waals surface area contributed by atoms with E-state index < -0.39 is 0 Å². The molecule has 2 aromatic rings. The number of carbonyl (C=O) groups excluding carboxylic acids is 1. The van der Waals surface area contributed by atoms with Crippen molar-refractivity contribution in [2.75, 3.05) is 13.1 Å². The number of nitrogens with one attached hydrogen (secondary N) is 1. The van der Waals surface area contributed by atoms with Gasteiger partial charge in [-0.15, -0.1) is 0 Å². The zero-order valence-corrected chi connectivity index (χ0v) is 19.6. The Bertz CT molecular complexity index is 1140. The zero-order valence-electron chi connectivity index (χ0n) is 19.6. The number of aromatic nitrogens is 3. The lowest BCUT2D eigenvalue weighted by molar-refractivity contribution is -0.117. The Kier molecular flexibility index (Phi) is 8.27. The van der Waals surface area contributed by atoms with E-state index in [-0.39, 0.29) is 5.91 Å². The summed E-state index contributed by atoms with van der Waals surface area (Å²) < 4.78 is 2.09. The van der Waals surface area contributed by atoms with E-state index in [1.165, 1.54) is 5.69 Å². The molecule has 0 bridgehead atoms. The molecule has 1 aliphatic heterocycles. The van der Waals surface area contributed by atoms with E-state index in [9.17, 15) is 4.79 Å². The minimum absolute atomic E-state index is 0.174. The van der Waals surface area contributed by atoms with Gasteiger partial charge in [-0.05, 0) is 55.2 Å². The minimum Gasteiger partial charge on any atom is -0.351 e. The molecule has 0 aromatic carbocycles. The number of carbonyl (C=O) groups is 1. The first-order valence-electron chi connectivity index (χ1n) is 11.4. The Morgan fingerprint density at radius 2 is 2.15 bits per heavy atom. The summed E-state index contributed by atoms with van der Waals surface area (Å²) in [7, 11) is 0. The largest absolute Gasteiger partial charge is 0.351 e. The van der Waals surface area contributed by atoms with Crippen molar-refractivity contribution in [3.8, 4) is 11.4 Å². The molecule has 0 atom stereocenters. The highest BCUT2D eigenvalue weighted by Gasteiger charge is 2.25. The number of fused-ring (bicyclic) bond motifs is 1. The molecule has 3 N–H and O–H groups in total. The fraction of sp³-hybridized carbons (Fsp3) is 0.308. The van der Waals surface area contributed by atoms with E-state index in [2.05, 4.69) is 26.6 Å². The third kappa shape index (κ3) is 5.43. The maximum Gasteiger partial charge on any atom is 0.248 e. The van der Waals surface area contributed by atoms with Crippen molar-refractivity contribution < 1.29 is 4.79 Å². The molecule has 3 heterocycles. The van der Waals surface area contributed by atoms with Crippen LogP contribution in [0.25, 0.3) is 17.0 Å². The summed E-state index contributed by atoms with van der Waals surface area (Å²) in [5.74, 6) is -0.174. The van der Waals surface area contributed by atoms with E-state index in [1.54, 1.807) is 19.3 Å². The van der Waals surface area contributed by atoms with Crippen LogP contribution in [0.5, 0.6) is 0 Å². The molecular formula is C26H32N6O. The van der Waals surface area contributed by atoms with Gasteiger partial charge in [-0.3, -0.25) is 19.5 Å². The van der Waals surface area contributed by atoms with E-state index in [4.69, 9.17) is 10.8 Å². The van der Waals surface area contributed by atoms with Crippen LogP contribution in [0.4, 0.5) is 0 Å². The van der Waals surface area contributed by atoms with Crippen LogP contribution in [0.1, 0.15) is 38.4 Å². The van der Waals surface area contributed by atoms with E-state index in [0.717, 1.165) is 53.2 Å². The average molecular weight is 445 g/mol. The van der Waals surface area contributed by atoms with Crippen molar-refractivity contribution in [1.29, 1.82) is 0 Å². The topological polar surface area (TPSA) is 98.2 Å². The van der Waals surface area contributed by atoms with E-state index in [0.29, 0.717) is 18.7 Å². The zero-order chi connectivity index (χ0) is 23.8. The number of aryl methyl sites for hydroxylation is 1. The van der Waals surface area contributed by atoms with Gasteiger partial charge in [0.1, 0.15) is 5.69 Å². The SMILES string of the molecule is C=C1C=C(c2c(-c3ccccn3)nn3c2CCC3)C=CC1=N/C=C(\C)C(=O)NCCN.CC. The van der Waals surface area contributed by atoms with Gasteiger partial charge in [0.05, 0.1) is 11.4 Å². The van der Waals surface area contributed by atoms with Crippen LogP contribution in [0, 0.1) is 0 Å². The summed E-state index contributed by atoms with van der Waals surface area (Å²) in [6.07, 6.45) is 11.4.